The second-order valence-corrected chi connectivity index (χ2v) is 10.6. The Morgan fingerprint density at radius 1 is 1.00 bits per heavy atom. The predicted molar refractivity (Wildman–Crippen MR) is 131 cm³/mol. The molecule has 1 saturated heterocycles. The van der Waals surface area contributed by atoms with Gasteiger partial charge in [-0.15, -0.1) is 24.0 Å². The summed E-state index contributed by atoms with van der Waals surface area (Å²) >= 11 is 0. The average molecular weight is 542 g/mol. The molecule has 170 valence electrons. The Morgan fingerprint density at radius 3 is 2.28 bits per heavy atom. The maximum absolute atomic E-state index is 12.1. The van der Waals surface area contributed by atoms with Crippen molar-refractivity contribution in [2.45, 2.75) is 76.3 Å². The molecule has 1 heterocycles. The Hall–Kier alpha value is -0.130. The van der Waals surface area contributed by atoms with E-state index < -0.39 is 10.0 Å². The van der Waals surface area contributed by atoms with Crippen LogP contribution in [0.25, 0.3) is 0 Å². The van der Waals surface area contributed by atoms with E-state index in [0.717, 1.165) is 44.8 Å². The molecule has 1 aliphatic heterocycles. The van der Waals surface area contributed by atoms with Gasteiger partial charge in [-0.3, -0.25) is 4.99 Å². The zero-order chi connectivity index (χ0) is 19.8. The van der Waals surface area contributed by atoms with Crippen molar-refractivity contribution in [3.63, 3.8) is 0 Å². The van der Waals surface area contributed by atoms with Gasteiger partial charge in [0.15, 0.2) is 5.96 Å². The summed E-state index contributed by atoms with van der Waals surface area (Å²) in [4.78, 5) is 6.95. The molecular weight excluding hydrogens is 501 g/mol. The molecule has 0 unspecified atom stereocenters. The van der Waals surface area contributed by atoms with Gasteiger partial charge >= 0.3 is 0 Å². The highest BCUT2D eigenvalue weighted by Crippen LogP contribution is 2.26. The average Bonchev–Trinajstić information content (AvgIpc) is 2.67. The van der Waals surface area contributed by atoms with Crippen LogP contribution in [0, 0.1) is 5.92 Å². The van der Waals surface area contributed by atoms with E-state index in [1.54, 1.807) is 7.05 Å². The summed E-state index contributed by atoms with van der Waals surface area (Å²) in [7, 11) is -1.47. The summed E-state index contributed by atoms with van der Waals surface area (Å²) in [6.45, 7) is 3.27. The molecule has 0 aromatic carbocycles. The van der Waals surface area contributed by atoms with Gasteiger partial charge in [0.1, 0.15) is 0 Å². The lowest BCUT2D eigenvalue weighted by molar-refractivity contribution is 0.119. The maximum atomic E-state index is 12.1. The summed E-state index contributed by atoms with van der Waals surface area (Å²) in [5.41, 5.74) is 0. The fourth-order valence-corrected chi connectivity index (χ4v) is 5.57. The lowest BCUT2D eigenvalue weighted by Crippen LogP contribution is -2.51. The van der Waals surface area contributed by atoms with Gasteiger partial charge in [0.25, 0.3) is 0 Å². The van der Waals surface area contributed by atoms with Crippen molar-refractivity contribution in [2.75, 3.05) is 39.0 Å². The number of piperidine rings is 1. The van der Waals surface area contributed by atoms with Crippen LogP contribution < -0.4 is 15.4 Å². The lowest BCUT2D eigenvalue weighted by Gasteiger charge is -2.39. The second-order valence-electron chi connectivity index (χ2n) is 8.71. The Labute approximate surface area is 194 Å². The van der Waals surface area contributed by atoms with Gasteiger partial charge in [-0.05, 0) is 44.4 Å². The molecule has 3 rings (SSSR count). The van der Waals surface area contributed by atoms with Gasteiger partial charge in [0, 0.05) is 45.3 Å². The maximum Gasteiger partial charge on any atom is 0.213 e. The van der Waals surface area contributed by atoms with E-state index in [1.807, 2.05) is 0 Å². The lowest BCUT2D eigenvalue weighted by atomic mass is 9.86. The normalized spacial score (nSPS) is 23.3. The highest BCUT2D eigenvalue weighted by atomic mass is 127. The second kappa shape index (κ2) is 12.7. The minimum absolute atomic E-state index is 0. The third-order valence-corrected chi connectivity index (χ3v) is 8.01. The Balaban J connectivity index is 0.00000300. The monoisotopic (exact) mass is 541 g/mol. The SMILES string of the molecule is CN=C(NCCS(=O)(=O)NCC1CCC1)NC1CCN(C2CCCCC2)CC1.I. The van der Waals surface area contributed by atoms with E-state index in [4.69, 9.17) is 0 Å². The van der Waals surface area contributed by atoms with Crippen LogP contribution in [-0.4, -0.2) is 70.3 Å². The predicted octanol–water partition coefficient (Wildman–Crippen LogP) is 2.29. The Bertz CT molecular complexity index is 598. The van der Waals surface area contributed by atoms with E-state index in [-0.39, 0.29) is 29.7 Å². The molecule has 0 aromatic heterocycles. The van der Waals surface area contributed by atoms with Crippen LogP contribution in [0.5, 0.6) is 0 Å². The van der Waals surface area contributed by atoms with Gasteiger partial charge in [0.05, 0.1) is 5.75 Å². The molecule has 2 saturated carbocycles. The number of rotatable bonds is 8. The van der Waals surface area contributed by atoms with Crippen molar-refractivity contribution >= 4 is 40.0 Å². The van der Waals surface area contributed by atoms with Crippen LogP contribution in [0.4, 0.5) is 0 Å². The van der Waals surface area contributed by atoms with Crippen LogP contribution >= 0.6 is 24.0 Å². The van der Waals surface area contributed by atoms with Crippen LogP contribution in [0.1, 0.15) is 64.2 Å². The number of aliphatic imine (C=N–C) groups is 1. The topological polar surface area (TPSA) is 85.8 Å². The number of sulfonamides is 1. The van der Waals surface area contributed by atoms with Crippen LogP contribution in [0.3, 0.4) is 0 Å². The van der Waals surface area contributed by atoms with Gasteiger partial charge in [0.2, 0.25) is 10.0 Å². The molecule has 0 bridgehead atoms. The Morgan fingerprint density at radius 2 is 1.69 bits per heavy atom. The number of hydrogen-bond donors (Lipinski definition) is 3. The fourth-order valence-electron chi connectivity index (χ4n) is 4.56. The molecule has 29 heavy (non-hydrogen) atoms. The summed E-state index contributed by atoms with van der Waals surface area (Å²) in [5, 5.41) is 6.65. The summed E-state index contributed by atoms with van der Waals surface area (Å²) < 4.78 is 26.9. The van der Waals surface area contributed by atoms with Crippen molar-refractivity contribution in [1.29, 1.82) is 0 Å². The first kappa shape index (κ1) is 25.1. The van der Waals surface area contributed by atoms with E-state index in [9.17, 15) is 8.42 Å². The molecular formula is C20H40IN5O2S. The molecule has 3 N–H and O–H groups in total. The minimum atomic E-state index is -3.21. The van der Waals surface area contributed by atoms with Crippen LogP contribution in [0.2, 0.25) is 0 Å². The van der Waals surface area contributed by atoms with E-state index in [1.165, 1.54) is 38.5 Å². The van der Waals surface area contributed by atoms with Gasteiger partial charge in [-0.25, -0.2) is 13.1 Å². The van der Waals surface area contributed by atoms with Gasteiger partial charge < -0.3 is 15.5 Å². The van der Waals surface area contributed by atoms with Gasteiger partial charge in [-0.1, -0.05) is 25.7 Å². The number of likely N-dealkylation sites (tertiary alicyclic amines) is 1. The first-order valence-corrected chi connectivity index (χ1v) is 12.9. The van der Waals surface area contributed by atoms with Crippen molar-refractivity contribution in [2.24, 2.45) is 10.9 Å². The summed E-state index contributed by atoms with van der Waals surface area (Å²) in [5.74, 6) is 1.34. The molecule has 3 fully saturated rings. The smallest absolute Gasteiger partial charge is 0.213 e. The van der Waals surface area contributed by atoms with E-state index in [2.05, 4.69) is 25.2 Å². The highest BCUT2D eigenvalue weighted by Gasteiger charge is 2.26. The minimum Gasteiger partial charge on any atom is -0.355 e. The molecule has 3 aliphatic rings. The molecule has 0 atom stereocenters. The highest BCUT2D eigenvalue weighted by molar-refractivity contribution is 14.0. The molecule has 9 heteroatoms. The van der Waals surface area contributed by atoms with E-state index in [0.29, 0.717) is 31.0 Å². The first-order chi connectivity index (χ1) is 13.6. The largest absolute Gasteiger partial charge is 0.355 e. The van der Waals surface area contributed by atoms with Crippen LogP contribution in [-0.2, 0) is 10.0 Å². The number of nitrogens with one attached hydrogen (secondary N) is 3. The first-order valence-electron chi connectivity index (χ1n) is 11.2. The number of guanidine groups is 1. The molecule has 0 aromatic rings. The van der Waals surface area contributed by atoms with Crippen molar-refractivity contribution < 1.29 is 8.42 Å². The number of halogens is 1. The number of hydrogen-bond acceptors (Lipinski definition) is 4. The fraction of sp³-hybridized carbons (Fsp3) is 0.950. The summed E-state index contributed by atoms with van der Waals surface area (Å²) in [6.07, 6.45) is 12.7. The summed E-state index contributed by atoms with van der Waals surface area (Å²) in [6, 6.07) is 1.21. The quantitative estimate of drug-likeness (QED) is 0.250. The molecule has 0 radical (unpaired) electrons. The third-order valence-electron chi connectivity index (χ3n) is 6.66. The molecule has 2 aliphatic carbocycles. The molecule has 0 spiro atoms. The van der Waals surface area contributed by atoms with Gasteiger partial charge in [-0.2, -0.15) is 0 Å². The zero-order valence-electron chi connectivity index (χ0n) is 17.9. The zero-order valence-corrected chi connectivity index (χ0v) is 21.0. The third kappa shape index (κ3) is 8.49. The van der Waals surface area contributed by atoms with Crippen molar-refractivity contribution in [3.8, 4) is 0 Å². The molecule has 0 amide bonds. The standard InChI is InChI=1S/C20H39N5O2S.HI/c1-21-20(22-12-15-28(26,27)23-16-17-6-5-7-17)24-18-10-13-25(14-11-18)19-8-3-2-4-9-19;/h17-19,23H,2-16H2,1H3,(H2,21,22,24);1H. The van der Waals surface area contributed by atoms with Crippen molar-refractivity contribution in [1.82, 2.24) is 20.3 Å². The van der Waals surface area contributed by atoms with Crippen LogP contribution in [0.15, 0.2) is 4.99 Å². The van der Waals surface area contributed by atoms with E-state index >= 15 is 0 Å². The Kier molecular flexibility index (Phi) is 11.0. The van der Waals surface area contributed by atoms with Crippen molar-refractivity contribution in [3.05, 3.63) is 0 Å². The number of nitrogens with zero attached hydrogens (tertiary/aromatic N) is 2. The molecule has 7 nitrogen and oxygen atoms in total.